The Labute approximate surface area is 106 Å². The SMILES string of the molecule is N#Cc1ccccc1S(=O)(=O)Cc1ccccc1. The highest BCUT2D eigenvalue weighted by Gasteiger charge is 2.18. The highest BCUT2D eigenvalue weighted by Crippen LogP contribution is 2.19. The second kappa shape index (κ2) is 5.03. The van der Waals surface area contributed by atoms with E-state index in [0.29, 0.717) is 5.56 Å². The third kappa shape index (κ3) is 2.58. The first-order valence-electron chi connectivity index (χ1n) is 5.39. The first kappa shape index (κ1) is 12.3. The molecule has 0 radical (unpaired) electrons. The van der Waals surface area contributed by atoms with Crippen LogP contribution in [0, 0.1) is 11.3 Å². The predicted octanol–water partition coefficient (Wildman–Crippen LogP) is 2.53. The molecule has 0 heterocycles. The molecule has 0 saturated heterocycles. The van der Waals surface area contributed by atoms with Gasteiger partial charge in [-0.2, -0.15) is 5.26 Å². The Morgan fingerprint density at radius 1 is 0.944 bits per heavy atom. The van der Waals surface area contributed by atoms with E-state index in [1.165, 1.54) is 12.1 Å². The highest BCUT2D eigenvalue weighted by atomic mass is 32.2. The average molecular weight is 257 g/mol. The molecule has 0 aliphatic rings. The molecule has 0 spiro atoms. The van der Waals surface area contributed by atoms with Gasteiger partial charge in [0.15, 0.2) is 9.84 Å². The van der Waals surface area contributed by atoms with Crippen molar-refractivity contribution in [1.82, 2.24) is 0 Å². The third-order valence-electron chi connectivity index (χ3n) is 2.54. The van der Waals surface area contributed by atoms with Gasteiger partial charge in [0.2, 0.25) is 0 Å². The zero-order valence-electron chi connectivity index (χ0n) is 9.58. The van der Waals surface area contributed by atoms with E-state index in [4.69, 9.17) is 5.26 Å². The number of hydrogen-bond donors (Lipinski definition) is 0. The second-order valence-electron chi connectivity index (χ2n) is 3.85. The predicted molar refractivity (Wildman–Crippen MR) is 68.5 cm³/mol. The third-order valence-corrected chi connectivity index (χ3v) is 4.28. The van der Waals surface area contributed by atoms with Crippen LogP contribution in [0.2, 0.25) is 0 Å². The molecule has 0 saturated carbocycles. The number of benzene rings is 2. The molecule has 0 aliphatic heterocycles. The topological polar surface area (TPSA) is 57.9 Å². The van der Waals surface area contributed by atoms with Crippen molar-refractivity contribution in [3.05, 3.63) is 65.7 Å². The fourth-order valence-electron chi connectivity index (χ4n) is 1.70. The molecule has 0 aliphatic carbocycles. The summed E-state index contributed by atoms with van der Waals surface area (Å²) in [5, 5.41) is 8.93. The highest BCUT2D eigenvalue weighted by molar-refractivity contribution is 7.90. The maximum atomic E-state index is 12.2. The maximum Gasteiger partial charge on any atom is 0.183 e. The molecule has 18 heavy (non-hydrogen) atoms. The molecule has 0 aromatic heterocycles. The van der Waals surface area contributed by atoms with Gasteiger partial charge in [-0.25, -0.2) is 8.42 Å². The molecule has 90 valence electrons. The fourth-order valence-corrected chi connectivity index (χ4v) is 3.22. The first-order valence-corrected chi connectivity index (χ1v) is 7.04. The van der Waals surface area contributed by atoms with E-state index in [9.17, 15) is 8.42 Å². The van der Waals surface area contributed by atoms with Gasteiger partial charge in [-0.05, 0) is 17.7 Å². The van der Waals surface area contributed by atoms with Gasteiger partial charge in [-0.3, -0.25) is 0 Å². The summed E-state index contributed by atoms with van der Waals surface area (Å²) in [5.41, 5.74) is 0.902. The number of sulfone groups is 1. The summed E-state index contributed by atoms with van der Waals surface area (Å²) in [5.74, 6) is -0.0907. The molecule has 0 N–H and O–H groups in total. The summed E-state index contributed by atoms with van der Waals surface area (Å²) >= 11 is 0. The lowest BCUT2D eigenvalue weighted by Crippen LogP contribution is -2.06. The van der Waals surface area contributed by atoms with Crippen molar-refractivity contribution in [3.8, 4) is 6.07 Å². The largest absolute Gasteiger partial charge is 0.223 e. The molecular weight excluding hydrogens is 246 g/mol. The second-order valence-corrected chi connectivity index (χ2v) is 5.81. The van der Waals surface area contributed by atoms with Crippen molar-refractivity contribution in [2.24, 2.45) is 0 Å². The molecule has 0 fully saturated rings. The Morgan fingerprint density at radius 3 is 2.22 bits per heavy atom. The van der Waals surface area contributed by atoms with E-state index in [-0.39, 0.29) is 16.2 Å². The van der Waals surface area contributed by atoms with E-state index in [2.05, 4.69) is 0 Å². The zero-order valence-corrected chi connectivity index (χ0v) is 10.4. The number of hydrogen-bond acceptors (Lipinski definition) is 3. The number of nitriles is 1. The summed E-state index contributed by atoms with van der Waals surface area (Å²) in [6, 6.07) is 17.1. The van der Waals surface area contributed by atoms with Gasteiger partial charge in [0.1, 0.15) is 6.07 Å². The van der Waals surface area contributed by atoms with E-state index in [0.717, 1.165) is 0 Å². The van der Waals surface area contributed by atoms with Crippen molar-refractivity contribution >= 4 is 9.84 Å². The molecule has 0 bridgehead atoms. The molecule has 2 aromatic rings. The first-order chi connectivity index (χ1) is 8.63. The molecule has 0 unspecified atom stereocenters. The van der Waals surface area contributed by atoms with Crippen LogP contribution >= 0.6 is 0 Å². The summed E-state index contributed by atoms with van der Waals surface area (Å²) < 4.78 is 24.5. The van der Waals surface area contributed by atoms with E-state index in [1.54, 1.807) is 36.4 Å². The Balaban J connectivity index is 2.41. The summed E-state index contributed by atoms with van der Waals surface area (Å²) in [6.07, 6.45) is 0. The lowest BCUT2D eigenvalue weighted by atomic mass is 10.2. The Bertz CT molecular complexity index is 685. The monoisotopic (exact) mass is 257 g/mol. The van der Waals surface area contributed by atoms with Gasteiger partial charge in [-0.15, -0.1) is 0 Å². The Kier molecular flexibility index (Phi) is 3.45. The molecule has 4 heteroatoms. The van der Waals surface area contributed by atoms with Crippen molar-refractivity contribution in [3.63, 3.8) is 0 Å². The fraction of sp³-hybridized carbons (Fsp3) is 0.0714. The Hall–Kier alpha value is -2.12. The van der Waals surface area contributed by atoms with Gasteiger partial charge >= 0.3 is 0 Å². The normalized spacial score (nSPS) is 10.8. The van der Waals surface area contributed by atoms with Crippen molar-refractivity contribution in [2.75, 3.05) is 0 Å². The smallest absolute Gasteiger partial charge is 0.183 e. The standard InChI is InChI=1S/C14H11NO2S/c15-10-13-8-4-5-9-14(13)18(16,17)11-12-6-2-1-3-7-12/h1-9H,11H2. The van der Waals surface area contributed by atoms with Crippen molar-refractivity contribution in [1.29, 1.82) is 5.26 Å². The van der Waals surface area contributed by atoms with E-state index in [1.807, 2.05) is 12.1 Å². The van der Waals surface area contributed by atoms with Crippen molar-refractivity contribution in [2.45, 2.75) is 10.6 Å². The van der Waals surface area contributed by atoms with E-state index < -0.39 is 9.84 Å². The van der Waals surface area contributed by atoms with Crippen LogP contribution < -0.4 is 0 Å². The quantitative estimate of drug-likeness (QED) is 0.849. The molecule has 3 nitrogen and oxygen atoms in total. The molecule has 0 amide bonds. The van der Waals surface area contributed by atoms with Crippen LogP contribution in [0.3, 0.4) is 0 Å². The Morgan fingerprint density at radius 2 is 1.56 bits per heavy atom. The zero-order chi connectivity index (χ0) is 13.0. The molecule has 2 rings (SSSR count). The van der Waals surface area contributed by atoms with E-state index >= 15 is 0 Å². The maximum absolute atomic E-state index is 12.2. The molecule has 2 aromatic carbocycles. The van der Waals surface area contributed by atoms with Gasteiger partial charge < -0.3 is 0 Å². The number of rotatable bonds is 3. The van der Waals surface area contributed by atoms with Crippen LogP contribution in [0.1, 0.15) is 11.1 Å². The van der Waals surface area contributed by atoms with Crippen LogP contribution in [-0.2, 0) is 15.6 Å². The minimum atomic E-state index is -3.48. The average Bonchev–Trinajstić information content (AvgIpc) is 2.39. The minimum absolute atomic E-state index is 0.0907. The minimum Gasteiger partial charge on any atom is -0.223 e. The summed E-state index contributed by atoms with van der Waals surface area (Å²) in [7, 11) is -3.48. The van der Waals surface area contributed by atoms with Crippen LogP contribution in [-0.4, -0.2) is 8.42 Å². The van der Waals surface area contributed by atoms with Gasteiger partial charge in [-0.1, -0.05) is 42.5 Å². The van der Waals surface area contributed by atoms with Gasteiger partial charge in [0.05, 0.1) is 16.2 Å². The van der Waals surface area contributed by atoms with Crippen LogP contribution in [0.5, 0.6) is 0 Å². The lowest BCUT2D eigenvalue weighted by molar-refractivity contribution is 0.595. The lowest BCUT2D eigenvalue weighted by Gasteiger charge is -2.06. The summed E-state index contributed by atoms with van der Waals surface area (Å²) in [4.78, 5) is 0.0938. The van der Waals surface area contributed by atoms with Crippen LogP contribution in [0.4, 0.5) is 0 Å². The molecular formula is C14H11NO2S. The van der Waals surface area contributed by atoms with Crippen LogP contribution in [0.15, 0.2) is 59.5 Å². The van der Waals surface area contributed by atoms with Crippen LogP contribution in [0.25, 0.3) is 0 Å². The van der Waals surface area contributed by atoms with Gasteiger partial charge in [0, 0.05) is 0 Å². The summed E-state index contributed by atoms with van der Waals surface area (Å²) in [6.45, 7) is 0. The van der Waals surface area contributed by atoms with Crippen molar-refractivity contribution < 1.29 is 8.42 Å². The van der Waals surface area contributed by atoms with Gasteiger partial charge in [0.25, 0.3) is 0 Å². The molecule has 0 atom stereocenters. The number of nitrogens with zero attached hydrogens (tertiary/aromatic N) is 1.